The predicted octanol–water partition coefficient (Wildman–Crippen LogP) is 2.34. The van der Waals surface area contributed by atoms with Crippen molar-refractivity contribution in [3.05, 3.63) is 29.3 Å². The molecule has 2 rings (SSSR count). The smallest absolute Gasteiger partial charge is 0.335 e. The van der Waals surface area contributed by atoms with Gasteiger partial charge in [-0.3, -0.25) is 0 Å². The number of carbonyl (C=O) groups excluding carboxylic acids is 1. The average molecular weight is 292 g/mol. The van der Waals surface area contributed by atoms with Crippen molar-refractivity contribution in [1.29, 1.82) is 0 Å². The second kappa shape index (κ2) is 6.58. The van der Waals surface area contributed by atoms with Gasteiger partial charge < -0.3 is 20.1 Å². The van der Waals surface area contributed by atoms with Crippen LogP contribution in [0.4, 0.5) is 10.5 Å². The number of hydrogen-bond donors (Lipinski definition) is 2. The van der Waals surface area contributed by atoms with E-state index in [1.54, 1.807) is 31.1 Å². The number of amides is 2. The summed E-state index contributed by atoms with van der Waals surface area (Å²) in [6, 6.07) is 4.59. The van der Waals surface area contributed by atoms with E-state index in [1.807, 2.05) is 0 Å². The van der Waals surface area contributed by atoms with Gasteiger partial charge in [0.05, 0.1) is 11.7 Å². The Morgan fingerprint density at radius 2 is 2.19 bits per heavy atom. The van der Waals surface area contributed by atoms with Crippen LogP contribution in [0.5, 0.6) is 0 Å². The van der Waals surface area contributed by atoms with Gasteiger partial charge in [-0.2, -0.15) is 0 Å². The van der Waals surface area contributed by atoms with E-state index in [0.29, 0.717) is 24.3 Å². The van der Waals surface area contributed by atoms with Gasteiger partial charge in [0.25, 0.3) is 0 Å². The Labute approximate surface area is 123 Å². The molecule has 2 amide bonds. The molecule has 1 aliphatic rings. The molecule has 2 N–H and O–H groups in total. The number of aryl methyl sites for hydroxylation is 1. The highest BCUT2D eigenvalue weighted by Crippen LogP contribution is 2.18. The second-order valence-electron chi connectivity index (χ2n) is 5.21. The third kappa shape index (κ3) is 3.72. The monoisotopic (exact) mass is 292 g/mol. The number of ether oxygens (including phenoxy) is 1. The molecule has 0 aromatic heterocycles. The summed E-state index contributed by atoms with van der Waals surface area (Å²) in [5.41, 5.74) is 1.46. The summed E-state index contributed by atoms with van der Waals surface area (Å²) in [6.07, 6.45) is 1.97. The van der Waals surface area contributed by atoms with Crippen molar-refractivity contribution in [3.8, 4) is 0 Å². The molecule has 0 saturated carbocycles. The van der Waals surface area contributed by atoms with Gasteiger partial charge in [-0.1, -0.05) is 0 Å². The molecule has 6 heteroatoms. The first-order chi connectivity index (χ1) is 10.0. The standard InChI is InChI=1S/C15H20N2O4/c1-10-8-11(5-6-13(10)14(18)19)16-15(20)17-7-3-4-12(9-17)21-2/h5-6,8,12H,3-4,7,9H2,1-2H3,(H,16,20)(H,18,19). The summed E-state index contributed by atoms with van der Waals surface area (Å²) >= 11 is 0. The zero-order valence-corrected chi connectivity index (χ0v) is 12.3. The highest BCUT2D eigenvalue weighted by Gasteiger charge is 2.23. The van der Waals surface area contributed by atoms with E-state index >= 15 is 0 Å². The van der Waals surface area contributed by atoms with Gasteiger partial charge in [0.2, 0.25) is 0 Å². The van der Waals surface area contributed by atoms with Crippen molar-refractivity contribution in [2.75, 3.05) is 25.5 Å². The van der Waals surface area contributed by atoms with Crippen LogP contribution < -0.4 is 5.32 Å². The van der Waals surface area contributed by atoms with Crippen LogP contribution in [-0.4, -0.2) is 48.3 Å². The van der Waals surface area contributed by atoms with E-state index in [0.717, 1.165) is 12.8 Å². The van der Waals surface area contributed by atoms with Gasteiger partial charge >= 0.3 is 12.0 Å². The number of rotatable bonds is 3. The molecular weight excluding hydrogens is 272 g/mol. The number of likely N-dealkylation sites (tertiary alicyclic amines) is 1. The maximum absolute atomic E-state index is 12.2. The fraction of sp³-hybridized carbons (Fsp3) is 0.467. The number of urea groups is 1. The highest BCUT2D eigenvalue weighted by atomic mass is 16.5. The lowest BCUT2D eigenvalue weighted by Gasteiger charge is -2.31. The van der Waals surface area contributed by atoms with Gasteiger partial charge in [-0.15, -0.1) is 0 Å². The van der Waals surface area contributed by atoms with Gasteiger partial charge in [0.15, 0.2) is 0 Å². The predicted molar refractivity (Wildman–Crippen MR) is 78.8 cm³/mol. The number of nitrogens with zero attached hydrogens (tertiary/aromatic N) is 1. The molecule has 1 heterocycles. The molecule has 0 bridgehead atoms. The van der Waals surface area contributed by atoms with E-state index in [9.17, 15) is 9.59 Å². The Morgan fingerprint density at radius 1 is 1.43 bits per heavy atom. The third-order valence-electron chi connectivity index (χ3n) is 3.71. The molecule has 1 unspecified atom stereocenters. The van der Waals surface area contributed by atoms with Gasteiger partial charge in [-0.25, -0.2) is 9.59 Å². The molecular formula is C15H20N2O4. The third-order valence-corrected chi connectivity index (χ3v) is 3.71. The van der Waals surface area contributed by atoms with E-state index in [2.05, 4.69) is 5.32 Å². The number of methoxy groups -OCH3 is 1. The largest absolute Gasteiger partial charge is 0.478 e. The first-order valence-corrected chi connectivity index (χ1v) is 6.94. The number of carboxylic acid groups (broad SMARTS) is 1. The van der Waals surface area contributed by atoms with E-state index in [-0.39, 0.29) is 17.7 Å². The van der Waals surface area contributed by atoms with E-state index in [1.165, 1.54) is 6.07 Å². The molecule has 6 nitrogen and oxygen atoms in total. The topological polar surface area (TPSA) is 78.9 Å². The van der Waals surface area contributed by atoms with Crippen LogP contribution in [0.15, 0.2) is 18.2 Å². The Kier molecular flexibility index (Phi) is 4.80. The lowest BCUT2D eigenvalue weighted by atomic mass is 10.1. The van der Waals surface area contributed by atoms with Crippen molar-refractivity contribution in [2.45, 2.75) is 25.9 Å². The zero-order valence-electron chi connectivity index (χ0n) is 12.3. The molecule has 0 aliphatic carbocycles. The minimum atomic E-state index is -0.968. The lowest BCUT2D eigenvalue weighted by molar-refractivity contribution is 0.0458. The maximum Gasteiger partial charge on any atom is 0.335 e. The Hall–Kier alpha value is -2.08. The Morgan fingerprint density at radius 3 is 2.81 bits per heavy atom. The summed E-state index contributed by atoms with van der Waals surface area (Å²) in [4.78, 5) is 24.9. The first-order valence-electron chi connectivity index (χ1n) is 6.94. The molecule has 21 heavy (non-hydrogen) atoms. The van der Waals surface area contributed by atoms with Crippen LogP contribution in [0.25, 0.3) is 0 Å². The van der Waals surface area contributed by atoms with Gasteiger partial charge in [0.1, 0.15) is 0 Å². The van der Waals surface area contributed by atoms with Crippen molar-refractivity contribution in [1.82, 2.24) is 4.90 Å². The number of carbonyl (C=O) groups is 2. The molecule has 1 aromatic carbocycles. The zero-order chi connectivity index (χ0) is 15.4. The summed E-state index contributed by atoms with van der Waals surface area (Å²) < 4.78 is 5.30. The van der Waals surface area contributed by atoms with Gasteiger partial charge in [-0.05, 0) is 43.5 Å². The summed E-state index contributed by atoms with van der Waals surface area (Å²) in [5, 5.41) is 11.8. The summed E-state index contributed by atoms with van der Waals surface area (Å²) in [7, 11) is 1.65. The van der Waals surface area contributed by atoms with Crippen LogP contribution in [0, 0.1) is 6.92 Å². The van der Waals surface area contributed by atoms with Crippen molar-refractivity contribution >= 4 is 17.7 Å². The molecule has 1 aliphatic heterocycles. The minimum Gasteiger partial charge on any atom is -0.478 e. The first kappa shape index (κ1) is 15.3. The van der Waals surface area contributed by atoms with Crippen LogP contribution in [-0.2, 0) is 4.74 Å². The molecule has 1 atom stereocenters. The molecule has 0 radical (unpaired) electrons. The molecule has 1 saturated heterocycles. The quantitative estimate of drug-likeness (QED) is 0.896. The summed E-state index contributed by atoms with van der Waals surface area (Å²) in [6.45, 7) is 2.99. The SMILES string of the molecule is COC1CCCN(C(=O)Nc2ccc(C(=O)O)c(C)c2)C1. The van der Waals surface area contributed by atoms with Crippen molar-refractivity contribution in [3.63, 3.8) is 0 Å². The van der Waals surface area contributed by atoms with Crippen LogP contribution in [0.3, 0.4) is 0 Å². The summed E-state index contributed by atoms with van der Waals surface area (Å²) in [5.74, 6) is -0.968. The van der Waals surface area contributed by atoms with Gasteiger partial charge in [0, 0.05) is 25.9 Å². The van der Waals surface area contributed by atoms with E-state index in [4.69, 9.17) is 9.84 Å². The number of piperidine rings is 1. The number of hydrogen-bond acceptors (Lipinski definition) is 3. The average Bonchev–Trinajstić information content (AvgIpc) is 2.47. The van der Waals surface area contributed by atoms with Crippen molar-refractivity contribution < 1.29 is 19.4 Å². The van der Waals surface area contributed by atoms with Crippen LogP contribution in [0.1, 0.15) is 28.8 Å². The molecule has 1 aromatic rings. The maximum atomic E-state index is 12.2. The van der Waals surface area contributed by atoms with Crippen LogP contribution >= 0.6 is 0 Å². The van der Waals surface area contributed by atoms with Crippen molar-refractivity contribution in [2.24, 2.45) is 0 Å². The van der Waals surface area contributed by atoms with Crippen LogP contribution in [0.2, 0.25) is 0 Å². The Balaban J connectivity index is 2.02. The number of benzene rings is 1. The fourth-order valence-corrected chi connectivity index (χ4v) is 2.50. The number of carboxylic acids is 1. The minimum absolute atomic E-state index is 0.0839. The Bertz CT molecular complexity index is 544. The number of anilines is 1. The number of nitrogens with one attached hydrogen (secondary N) is 1. The normalized spacial score (nSPS) is 18.4. The second-order valence-corrected chi connectivity index (χ2v) is 5.21. The highest BCUT2D eigenvalue weighted by molar-refractivity contribution is 5.92. The molecule has 1 fully saturated rings. The lowest BCUT2D eigenvalue weighted by Crippen LogP contribution is -2.44. The number of aromatic carboxylic acids is 1. The van der Waals surface area contributed by atoms with E-state index < -0.39 is 5.97 Å². The molecule has 0 spiro atoms. The fourth-order valence-electron chi connectivity index (χ4n) is 2.50. The molecule has 114 valence electrons.